The molecular weight excluding hydrogens is 501 g/mol. The molecule has 1 heterocycles. The number of allylic oxidation sites excluding steroid dienone is 1. The molecule has 1 aliphatic heterocycles. The summed E-state index contributed by atoms with van der Waals surface area (Å²) in [5.74, 6) is -2.24. The number of rotatable bonds is 5. The zero-order valence-electron chi connectivity index (χ0n) is 16.5. The van der Waals surface area contributed by atoms with Crippen molar-refractivity contribution in [2.24, 2.45) is 0 Å². The zero-order valence-corrected chi connectivity index (χ0v) is 18.9. The number of para-hydroxylation sites is 1. The monoisotopic (exact) mass is 517 g/mol. The van der Waals surface area contributed by atoms with Crippen LogP contribution in [-0.4, -0.2) is 31.1 Å². The molecule has 7 nitrogen and oxygen atoms in total. The fraction of sp³-hybridized carbons (Fsp3) is 0.0909. The summed E-state index contributed by atoms with van der Waals surface area (Å²) in [7, 11) is -4.33. The number of fused-ring (bicyclic) bond motifs is 1. The first-order chi connectivity index (χ1) is 15.3. The largest absolute Gasteiger partial charge is 0.326 e. The van der Waals surface area contributed by atoms with Crippen LogP contribution in [0.15, 0.2) is 76.9 Å². The molecule has 2 N–H and O–H groups in total. The third kappa shape index (κ3) is 4.37. The van der Waals surface area contributed by atoms with E-state index in [1.807, 2.05) is 47.2 Å². The molecule has 0 spiro atoms. The summed E-state index contributed by atoms with van der Waals surface area (Å²) in [6, 6.07) is 18.7. The van der Waals surface area contributed by atoms with Gasteiger partial charge in [0.1, 0.15) is 16.8 Å². The first-order valence-electron chi connectivity index (χ1n) is 9.51. The average Bonchev–Trinajstić information content (AvgIpc) is 2.76. The molecular formula is C22H17BrFN3O4S. The van der Waals surface area contributed by atoms with Crippen LogP contribution in [0.1, 0.15) is 5.56 Å². The topological polar surface area (TPSA) is 95.6 Å². The SMILES string of the molecule is O=C(CN1C(Cc2cccc3ccccc23)=C(Br)C(=O)NS1(=O)=O)Nc1ccccc1F. The maximum Gasteiger partial charge on any atom is 0.326 e. The van der Waals surface area contributed by atoms with Crippen LogP contribution in [0.5, 0.6) is 0 Å². The van der Waals surface area contributed by atoms with E-state index in [1.54, 1.807) is 6.07 Å². The predicted octanol–water partition coefficient (Wildman–Crippen LogP) is 3.44. The Balaban J connectivity index is 1.69. The van der Waals surface area contributed by atoms with Crippen LogP contribution in [0.25, 0.3) is 10.8 Å². The van der Waals surface area contributed by atoms with Gasteiger partial charge in [-0.2, -0.15) is 8.42 Å². The lowest BCUT2D eigenvalue weighted by atomic mass is 10.0. The number of hydrogen-bond donors (Lipinski definition) is 2. The molecule has 3 aromatic carbocycles. The van der Waals surface area contributed by atoms with E-state index in [4.69, 9.17) is 0 Å². The van der Waals surface area contributed by atoms with Gasteiger partial charge in [-0.05, 0) is 44.4 Å². The number of nitrogens with zero attached hydrogens (tertiary/aromatic N) is 1. The minimum atomic E-state index is -4.33. The summed E-state index contributed by atoms with van der Waals surface area (Å²) in [6.45, 7) is -0.647. The van der Waals surface area contributed by atoms with Crippen molar-refractivity contribution < 1.29 is 22.4 Å². The Bertz CT molecular complexity index is 1370. The molecule has 4 rings (SSSR count). The molecule has 0 fully saturated rings. The van der Waals surface area contributed by atoms with Crippen molar-refractivity contribution in [3.63, 3.8) is 0 Å². The number of carbonyl (C=O) groups is 2. The molecule has 3 aromatic rings. The lowest BCUT2D eigenvalue weighted by Crippen LogP contribution is -2.50. The summed E-state index contributed by atoms with van der Waals surface area (Å²) in [5.41, 5.74) is 0.808. The minimum absolute atomic E-state index is 0.000971. The molecule has 164 valence electrons. The lowest BCUT2D eigenvalue weighted by Gasteiger charge is -2.31. The van der Waals surface area contributed by atoms with Crippen molar-refractivity contribution in [2.45, 2.75) is 6.42 Å². The van der Waals surface area contributed by atoms with E-state index in [2.05, 4.69) is 21.2 Å². The average molecular weight is 518 g/mol. The van der Waals surface area contributed by atoms with E-state index < -0.39 is 34.4 Å². The van der Waals surface area contributed by atoms with Crippen LogP contribution in [0.3, 0.4) is 0 Å². The molecule has 0 aliphatic carbocycles. The second kappa shape index (κ2) is 8.71. The van der Waals surface area contributed by atoms with Gasteiger partial charge in [0.2, 0.25) is 5.91 Å². The number of carbonyl (C=O) groups excluding carboxylic acids is 2. The molecule has 0 bridgehead atoms. The van der Waals surface area contributed by atoms with Crippen molar-refractivity contribution in [3.05, 3.63) is 88.3 Å². The first kappa shape index (κ1) is 22.0. The van der Waals surface area contributed by atoms with Gasteiger partial charge < -0.3 is 5.32 Å². The summed E-state index contributed by atoms with van der Waals surface area (Å²) >= 11 is 3.17. The highest BCUT2D eigenvalue weighted by atomic mass is 79.9. The Hall–Kier alpha value is -3.24. The standard InChI is InChI=1S/C22H17BrFN3O4S/c23-21-19(12-15-8-5-7-14-6-1-2-9-16(14)15)27(32(30,31)26-22(21)29)13-20(28)25-18-11-4-3-10-17(18)24/h1-11H,12-13H2,(H,25,28)(H,26,29). The molecule has 2 amide bonds. The molecule has 0 unspecified atom stereocenters. The van der Waals surface area contributed by atoms with E-state index in [0.717, 1.165) is 20.6 Å². The molecule has 0 atom stereocenters. The van der Waals surface area contributed by atoms with Gasteiger partial charge in [0, 0.05) is 6.42 Å². The minimum Gasteiger partial charge on any atom is -0.322 e. The van der Waals surface area contributed by atoms with E-state index in [0.29, 0.717) is 0 Å². The number of nitrogens with one attached hydrogen (secondary N) is 2. The van der Waals surface area contributed by atoms with E-state index >= 15 is 0 Å². The van der Waals surface area contributed by atoms with Crippen LogP contribution in [-0.2, 0) is 26.2 Å². The van der Waals surface area contributed by atoms with Gasteiger partial charge in [-0.15, -0.1) is 0 Å². The highest BCUT2D eigenvalue weighted by Gasteiger charge is 2.37. The normalized spacial score (nSPS) is 15.6. The molecule has 0 radical (unpaired) electrons. The molecule has 0 aromatic heterocycles. The summed E-state index contributed by atoms with van der Waals surface area (Å²) in [5, 5.41) is 4.21. The third-order valence-electron chi connectivity index (χ3n) is 4.94. The summed E-state index contributed by atoms with van der Waals surface area (Å²) in [4.78, 5) is 24.9. The van der Waals surface area contributed by atoms with Crippen LogP contribution in [0, 0.1) is 5.82 Å². The number of halogens is 2. The Morgan fingerprint density at radius 3 is 2.50 bits per heavy atom. The van der Waals surface area contributed by atoms with Crippen LogP contribution >= 0.6 is 15.9 Å². The van der Waals surface area contributed by atoms with Crippen molar-refractivity contribution in [1.82, 2.24) is 9.03 Å². The fourth-order valence-electron chi connectivity index (χ4n) is 3.46. The van der Waals surface area contributed by atoms with Gasteiger partial charge in [-0.3, -0.25) is 9.59 Å². The van der Waals surface area contributed by atoms with Crippen molar-refractivity contribution >= 4 is 54.4 Å². The van der Waals surface area contributed by atoms with Gasteiger partial charge >= 0.3 is 10.2 Å². The zero-order chi connectivity index (χ0) is 22.9. The van der Waals surface area contributed by atoms with Gasteiger partial charge in [-0.25, -0.2) is 13.4 Å². The van der Waals surface area contributed by atoms with Crippen molar-refractivity contribution in [1.29, 1.82) is 0 Å². The quantitative estimate of drug-likeness (QED) is 0.541. The first-order valence-corrected chi connectivity index (χ1v) is 11.7. The van der Waals surface area contributed by atoms with E-state index in [-0.39, 0.29) is 22.3 Å². The summed E-state index contributed by atoms with van der Waals surface area (Å²) in [6.07, 6.45) is 0.0710. The Labute approximate surface area is 192 Å². The molecule has 0 saturated carbocycles. The van der Waals surface area contributed by atoms with Crippen LogP contribution in [0.4, 0.5) is 10.1 Å². The van der Waals surface area contributed by atoms with Crippen molar-refractivity contribution in [3.8, 4) is 0 Å². The van der Waals surface area contributed by atoms with E-state index in [1.165, 1.54) is 18.2 Å². The van der Waals surface area contributed by atoms with Gasteiger partial charge in [0.05, 0.1) is 11.4 Å². The van der Waals surface area contributed by atoms with Gasteiger partial charge in [0.25, 0.3) is 5.91 Å². The van der Waals surface area contributed by atoms with Crippen molar-refractivity contribution in [2.75, 3.05) is 11.9 Å². The number of hydrogen-bond acceptors (Lipinski definition) is 4. The molecule has 32 heavy (non-hydrogen) atoms. The van der Waals surface area contributed by atoms with Gasteiger partial charge in [0.15, 0.2) is 0 Å². The maximum absolute atomic E-state index is 13.9. The second-order valence-corrected chi connectivity index (χ2v) is 9.43. The smallest absolute Gasteiger partial charge is 0.322 e. The highest BCUT2D eigenvalue weighted by Crippen LogP contribution is 2.30. The molecule has 10 heteroatoms. The fourth-order valence-corrected chi connectivity index (χ4v) is 5.34. The Kier molecular flexibility index (Phi) is 5.98. The van der Waals surface area contributed by atoms with Crippen LogP contribution in [0.2, 0.25) is 0 Å². The Morgan fingerprint density at radius 2 is 1.72 bits per heavy atom. The molecule has 0 saturated heterocycles. The van der Waals surface area contributed by atoms with Crippen LogP contribution < -0.4 is 10.0 Å². The maximum atomic E-state index is 13.9. The number of benzene rings is 3. The number of amides is 2. The van der Waals surface area contributed by atoms with Gasteiger partial charge in [-0.1, -0.05) is 54.6 Å². The lowest BCUT2D eigenvalue weighted by molar-refractivity contribution is -0.117. The predicted molar refractivity (Wildman–Crippen MR) is 122 cm³/mol. The molecule has 1 aliphatic rings. The highest BCUT2D eigenvalue weighted by molar-refractivity contribution is 9.12. The second-order valence-electron chi connectivity index (χ2n) is 7.05. The van der Waals surface area contributed by atoms with E-state index in [9.17, 15) is 22.4 Å². The summed E-state index contributed by atoms with van der Waals surface area (Å²) < 4.78 is 42.1. The third-order valence-corrected chi connectivity index (χ3v) is 7.13. The Morgan fingerprint density at radius 1 is 1.03 bits per heavy atom. The number of anilines is 1.